The Bertz CT molecular complexity index is 1090. The second kappa shape index (κ2) is 7.72. The molecule has 0 saturated carbocycles. The lowest BCUT2D eigenvalue weighted by molar-refractivity contribution is 0.0769. The minimum absolute atomic E-state index is 0.00194. The van der Waals surface area contributed by atoms with Crippen LogP contribution in [0.25, 0.3) is 4.91 Å². The first kappa shape index (κ1) is 19.8. The van der Waals surface area contributed by atoms with Crippen LogP contribution in [-0.2, 0) is 10.0 Å². The summed E-state index contributed by atoms with van der Waals surface area (Å²) in [5.74, 6) is -0.0107. The molecule has 9 heteroatoms. The zero-order chi connectivity index (χ0) is 20.6. The van der Waals surface area contributed by atoms with Crippen LogP contribution in [0.2, 0.25) is 0 Å². The van der Waals surface area contributed by atoms with Crippen LogP contribution in [0, 0.1) is 5.82 Å². The number of benzene rings is 1. The van der Waals surface area contributed by atoms with E-state index in [1.807, 2.05) is 22.4 Å². The Kier molecular flexibility index (Phi) is 5.26. The van der Waals surface area contributed by atoms with Crippen LogP contribution >= 0.6 is 11.3 Å². The normalized spacial score (nSPS) is 19.3. The first-order chi connectivity index (χ1) is 13.9. The van der Waals surface area contributed by atoms with Crippen LogP contribution in [0.1, 0.15) is 28.6 Å². The van der Waals surface area contributed by atoms with Crippen molar-refractivity contribution in [2.24, 2.45) is 4.40 Å². The van der Waals surface area contributed by atoms with Crippen molar-refractivity contribution in [2.75, 3.05) is 26.2 Å². The molecule has 1 saturated heterocycles. The predicted molar refractivity (Wildman–Crippen MR) is 112 cm³/mol. The summed E-state index contributed by atoms with van der Waals surface area (Å²) in [5.41, 5.74) is 0.974. The summed E-state index contributed by atoms with van der Waals surface area (Å²) in [6, 6.07) is 9.05. The van der Waals surface area contributed by atoms with Gasteiger partial charge in [0.05, 0.1) is 4.88 Å². The van der Waals surface area contributed by atoms with Gasteiger partial charge in [0.2, 0.25) is 0 Å². The lowest BCUT2D eigenvalue weighted by atomic mass is 10.1. The standard InChI is InChI=1S/C20H20FN3O3S2/c1-14-18(15-5-7-16(21)8-6-15)29(26,27)22-19(14)23-9-3-10-24(12-11-23)20(25)17-4-2-13-28-17/h2,4-8,13H,3,9-12H2,1H3. The van der Waals surface area contributed by atoms with Gasteiger partial charge in [0.1, 0.15) is 16.6 Å². The van der Waals surface area contributed by atoms with Crippen LogP contribution in [0.15, 0.2) is 51.7 Å². The van der Waals surface area contributed by atoms with E-state index in [-0.39, 0.29) is 10.8 Å². The van der Waals surface area contributed by atoms with Gasteiger partial charge in [-0.1, -0.05) is 18.2 Å². The molecule has 3 heterocycles. The molecule has 2 aliphatic heterocycles. The fourth-order valence-electron chi connectivity index (χ4n) is 3.67. The fraction of sp³-hybridized carbons (Fsp3) is 0.300. The summed E-state index contributed by atoms with van der Waals surface area (Å²) in [6.07, 6.45) is 0.718. The molecule has 6 nitrogen and oxygen atoms in total. The van der Waals surface area contributed by atoms with Gasteiger partial charge in [-0.15, -0.1) is 15.7 Å². The molecule has 0 N–H and O–H groups in total. The van der Waals surface area contributed by atoms with Crippen molar-refractivity contribution in [3.63, 3.8) is 0 Å². The van der Waals surface area contributed by atoms with Crippen LogP contribution in [0.5, 0.6) is 0 Å². The first-order valence-electron chi connectivity index (χ1n) is 9.27. The highest BCUT2D eigenvalue weighted by molar-refractivity contribution is 8.00. The Morgan fingerprint density at radius 3 is 2.55 bits per heavy atom. The van der Waals surface area contributed by atoms with E-state index in [1.54, 1.807) is 11.8 Å². The first-order valence-corrected chi connectivity index (χ1v) is 11.6. The lowest BCUT2D eigenvalue weighted by Gasteiger charge is -2.23. The molecule has 2 aromatic rings. The van der Waals surface area contributed by atoms with E-state index < -0.39 is 15.8 Å². The Balaban J connectivity index is 1.57. The van der Waals surface area contributed by atoms with Crippen LogP contribution in [0.3, 0.4) is 0 Å². The number of halogens is 1. The highest BCUT2D eigenvalue weighted by atomic mass is 32.2. The number of amides is 1. The van der Waals surface area contributed by atoms with E-state index in [4.69, 9.17) is 0 Å². The number of hydrogen-bond acceptors (Lipinski definition) is 5. The van der Waals surface area contributed by atoms with Crippen molar-refractivity contribution in [3.8, 4) is 0 Å². The molecule has 152 valence electrons. The molecule has 1 amide bonds. The molecule has 0 bridgehead atoms. The highest BCUT2D eigenvalue weighted by Gasteiger charge is 2.34. The van der Waals surface area contributed by atoms with Gasteiger partial charge in [0.25, 0.3) is 15.9 Å². The number of amidine groups is 1. The third-order valence-corrected chi connectivity index (χ3v) is 7.39. The number of carbonyl (C=O) groups is 1. The van der Waals surface area contributed by atoms with Crippen molar-refractivity contribution in [3.05, 3.63) is 63.6 Å². The highest BCUT2D eigenvalue weighted by Crippen LogP contribution is 2.34. The molecule has 0 atom stereocenters. The molecular weight excluding hydrogens is 413 g/mol. The monoisotopic (exact) mass is 433 g/mol. The van der Waals surface area contributed by atoms with Crippen LogP contribution in [-0.4, -0.2) is 56.1 Å². The van der Waals surface area contributed by atoms with Gasteiger partial charge < -0.3 is 9.80 Å². The summed E-state index contributed by atoms with van der Waals surface area (Å²) in [7, 11) is -3.85. The largest absolute Gasteiger partial charge is 0.354 e. The Hall–Kier alpha value is -2.52. The second-order valence-electron chi connectivity index (χ2n) is 6.96. The predicted octanol–water partition coefficient (Wildman–Crippen LogP) is 3.21. The third-order valence-electron chi connectivity index (χ3n) is 5.06. The maximum atomic E-state index is 13.2. The SMILES string of the molecule is CC1=C(c2ccc(F)cc2)S(=O)(=O)N=C1N1CCCN(C(=O)c2cccs2)CC1. The van der Waals surface area contributed by atoms with Gasteiger partial charge in [-0.25, -0.2) is 4.39 Å². The number of thiophene rings is 1. The summed E-state index contributed by atoms with van der Waals surface area (Å²) < 4.78 is 42.6. The topological polar surface area (TPSA) is 70.1 Å². The van der Waals surface area contributed by atoms with Crippen molar-refractivity contribution in [2.45, 2.75) is 13.3 Å². The molecule has 0 aliphatic carbocycles. The van der Waals surface area contributed by atoms with E-state index in [0.717, 1.165) is 6.42 Å². The molecule has 4 rings (SSSR count). The van der Waals surface area contributed by atoms with E-state index in [0.29, 0.717) is 48.0 Å². The fourth-order valence-corrected chi connectivity index (χ4v) is 5.85. The van der Waals surface area contributed by atoms with Gasteiger partial charge in [-0.05, 0) is 42.5 Å². The second-order valence-corrected chi connectivity index (χ2v) is 9.45. The summed E-state index contributed by atoms with van der Waals surface area (Å²) >= 11 is 1.41. The van der Waals surface area contributed by atoms with Crippen molar-refractivity contribution < 1.29 is 17.6 Å². The summed E-state index contributed by atoms with van der Waals surface area (Å²) in [4.78, 5) is 17.2. The molecule has 0 unspecified atom stereocenters. The third kappa shape index (κ3) is 3.84. The molecule has 1 fully saturated rings. The average molecular weight is 434 g/mol. The van der Waals surface area contributed by atoms with Crippen LogP contribution in [0.4, 0.5) is 4.39 Å². The molecule has 2 aliphatic rings. The van der Waals surface area contributed by atoms with Gasteiger partial charge >= 0.3 is 0 Å². The smallest absolute Gasteiger partial charge is 0.285 e. The number of hydrogen-bond donors (Lipinski definition) is 0. The van der Waals surface area contributed by atoms with E-state index in [9.17, 15) is 17.6 Å². The molecule has 0 radical (unpaired) electrons. The summed E-state index contributed by atoms with van der Waals surface area (Å²) in [6.45, 7) is 3.94. The van der Waals surface area contributed by atoms with Crippen molar-refractivity contribution >= 4 is 38.0 Å². The average Bonchev–Trinajstić information content (AvgIpc) is 3.21. The molecule has 0 spiro atoms. The Morgan fingerprint density at radius 2 is 1.86 bits per heavy atom. The number of nitrogens with zero attached hydrogens (tertiary/aromatic N) is 3. The van der Waals surface area contributed by atoms with Gasteiger partial charge in [0.15, 0.2) is 0 Å². The number of sulfonamides is 1. The minimum atomic E-state index is -3.85. The molecule has 29 heavy (non-hydrogen) atoms. The minimum Gasteiger partial charge on any atom is -0.354 e. The quantitative estimate of drug-likeness (QED) is 0.729. The zero-order valence-corrected chi connectivity index (χ0v) is 17.5. The number of rotatable bonds is 2. The van der Waals surface area contributed by atoms with E-state index >= 15 is 0 Å². The lowest BCUT2D eigenvalue weighted by Crippen LogP contribution is -2.37. The van der Waals surface area contributed by atoms with Gasteiger partial charge in [-0.3, -0.25) is 4.79 Å². The number of carbonyl (C=O) groups excluding carboxylic acids is 1. The van der Waals surface area contributed by atoms with E-state index in [2.05, 4.69) is 4.40 Å². The van der Waals surface area contributed by atoms with Crippen molar-refractivity contribution in [1.29, 1.82) is 0 Å². The van der Waals surface area contributed by atoms with Gasteiger partial charge in [0, 0.05) is 31.8 Å². The van der Waals surface area contributed by atoms with E-state index in [1.165, 1.54) is 35.6 Å². The summed E-state index contributed by atoms with van der Waals surface area (Å²) in [5, 5.41) is 1.88. The maximum absolute atomic E-state index is 13.2. The molecular formula is C20H20FN3O3S2. The van der Waals surface area contributed by atoms with Gasteiger partial charge in [-0.2, -0.15) is 8.42 Å². The molecule has 1 aromatic heterocycles. The zero-order valence-electron chi connectivity index (χ0n) is 15.8. The maximum Gasteiger partial charge on any atom is 0.285 e. The Labute approximate surface area is 173 Å². The Morgan fingerprint density at radius 1 is 1.10 bits per heavy atom. The molecule has 1 aromatic carbocycles. The van der Waals surface area contributed by atoms with Crippen molar-refractivity contribution in [1.82, 2.24) is 9.80 Å². The van der Waals surface area contributed by atoms with Crippen LogP contribution < -0.4 is 0 Å².